The van der Waals surface area contributed by atoms with E-state index in [1.165, 1.54) is 0 Å². The van der Waals surface area contributed by atoms with Crippen molar-refractivity contribution in [1.29, 1.82) is 0 Å². The van der Waals surface area contributed by atoms with E-state index in [1.54, 1.807) is 4.90 Å². The number of nitrogens with one attached hydrogen (secondary N) is 1. The summed E-state index contributed by atoms with van der Waals surface area (Å²) in [6.45, 7) is 2.68. The van der Waals surface area contributed by atoms with E-state index in [1.807, 2.05) is 56.4 Å². The Hall–Kier alpha value is -2.55. The number of H-pyrrole nitrogens is 1. The highest BCUT2D eigenvalue weighted by Gasteiger charge is 2.11. The van der Waals surface area contributed by atoms with E-state index in [0.717, 1.165) is 27.7 Å². The predicted molar refractivity (Wildman–Crippen MR) is 89.7 cm³/mol. The lowest BCUT2D eigenvalue weighted by molar-refractivity contribution is -0.129. The molecule has 0 aliphatic carbocycles. The topological polar surface area (TPSA) is 36.1 Å². The van der Waals surface area contributed by atoms with E-state index in [2.05, 4.69) is 17.1 Å². The first kappa shape index (κ1) is 14.4. The summed E-state index contributed by atoms with van der Waals surface area (Å²) in [5.41, 5.74) is 4.46. The molecule has 0 aliphatic heterocycles. The van der Waals surface area contributed by atoms with Gasteiger partial charge in [-0.05, 0) is 41.6 Å². The number of likely N-dealkylation sites (N-methyl/N-ethyl adjacent to an activating group) is 1. The highest BCUT2D eigenvalue weighted by atomic mass is 16.2. The molecule has 1 heterocycles. The van der Waals surface area contributed by atoms with E-state index in [9.17, 15) is 4.79 Å². The maximum Gasteiger partial charge on any atom is 0.227 e. The van der Waals surface area contributed by atoms with Gasteiger partial charge in [-0.15, -0.1) is 0 Å². The molecule has 0 saturated heterocycles. The van der Waals surface area contributed by atoms with Gasteiger partial charge in [0.05, 0.1) is 6.42 Å². The molecule has 0 unspecified atom stereocenters. The summed E-state index contributed by atoms with van der Waals surface area (Å²) in [7, 11) is 1.86. The zero-order valence-corrected chi connectivity index (χ0v) is 13.0. The van der Waals surface area contributed by atoms with Crippen molar-refractivity contribution >= 4 is 16.8 Å². The van der Waals surface area contributed by atoms with Gasteiger partial charge in [-0.3, -0.25) is 4.79 Å². The Morgan fingerprint density at radius 3 is 2.59 bits per heavy atom. The Labute approximate surface area is 130 Å². The van der Waals surface area contributed by atoms with Crippen molar-refractivity contribution < 1.29 is 4.79 Å². The number of nitrogens with zero attached hydrogens (tertiary/aromatic N) is 1. The summed E-state index contributed by atoms with van der Waals surface area (Å²) < 4.78 is 0. The van der Waals surface area contributed by atoms with Gasteiger partial charge in [0.15, 0.2) is 0 Å². The molecule has 0 bridgehead atoms. The van der Waals surface area contributed by atoms with Crippen LogP contribution in [0.15, 0.2) is 54.6 Å². The van der Waals surface area contributed by atoms with Crippen LogP contribution in [0, 0.1) is 6.92 Å². The minimum atomic E-state index is 0.135. The van der Waals surface area contributed by atoms with Crippen molar-refractivity contribution in [1.82, 2.24) is 9.88 Å². The summed E-state index contributed by atoms with van der Waals surface area (Å²) in [6, 6.07) is 18.3. The molecule has 0 fully saturated rings. The summed E-state index contributed by atoms with van der Waals surface area (Å²) in [4.78, 5) is 17.5. The van der Waals surface area contributed by atoms with Crippen molar-refractivity contribution in [3.63, 3.8) is 0 Å². The normalized spacial score (nSPS) is 10.8. The van der Waals surface area contributed by atoms with E-state index in [0.29, 0.717) is 13.0 Å². The Morgan fingerprint density at radius 1 is 1.05 bits per heavy atom. The van der Waals surface area contributed by atoms with E-state index < -0.39 is 0 Å². The molecule has 1 aromatic heterocycles. The van der Waals surface area contributed by atoms with Gasteiger partial charge in [-0.2, -0.15) is 0 Å². The van der Waals surface area contributed by atoms with Crippen molar-refractivity contribution in [2.45, 2.75) is 19.9 Å². The highest BCUT2D eigenvalue weighted by molar-refractivity contribution is 5.84. The fourth-order valence-electron chi connectivity index (χ4n) is 2.69. The molecule has 22 heavy (non-hydrogen) atoms. The molecule has 2 aromatic carbocycles. The third-order valence-corrected chi connectivity index (χ3v) is 3.86. The molecule has 1 N–H and O–H groups in total. The first-order valence-electron chi connectivity index (χ1n) is 7.48. The number of aryl methyl sites for hydroxylation is 1. The van der Waals surface area contributed by atoms with Crippen molar-refractivity contribution in [3.05, 3.63) is 71.4 Å². The molecular weight excluding hydrogens is 272 g/mol. The fraction of sp³-hybridized carbons (Fsp3) is 0.211. The number of fused-ring (bicyclic) bond motifs is 1. The molecule has 0 radical (unpaired) electrons. The van der Waals surface area contributed by atoms with Crippen molar-refractivity contribution in [2.24, 2.45) is 0 Å². The monoisotopic (exact) mass is 292 g/mol. The molecule has 0 aliphatic rings. The number of aromatic amines is 1. The van der Waals surface area contributed by atoms with Gasteiger partial charge >= 0.3 is 0 Å². The summed E-state index contributed by atoms with van der Waals surface area (Å²) >= 11 is 0. The third-order valence-electron chi connectivity index (χ3n) is 3.86. The standard InChI is InChI=1S/C19H20N2O/c1-14-10-17-11-16(8-9-18(17)20-14)12-19(22)21(2)13-15-6-4-3-5-7-15/h3-11,20H,12-13H2,1-2H3. The lowest BCUT2D eigenvalue weighted by atomic mass is 10.1. The lowest BCUT2D eigenvalue weighted by Gasteiger charge is -2.17. The van der Waals surface area contributed by atoms with Crippen LogP contribution in [0.5, 0.6) is 0 Å². The molecule has 1 amide bonds. The fourth-order valence-corrected chi connectivity index (χ4v) is 2.69. The Balaban J connectivity index is 1.69. The molecule has 0 atom stereocenters. The number of rotatable bonds is 4. The average molecular weight is 292 g/mol. The molecule has 112 valence electrons. The molecule has 3 heteroatoms. The van der Waals surface area contributed by atoms with Crippen LogP contribution in [-0.4, -0.2) is 22.8 Å². The lowest BCUT2D eigenvalue weighted by Crippen LogP contribution is -2.27. The van der Waals surface area contributed by atoms with Gasteiger partial charge < -0.3 is 9.88 Å². The van der Waals surface area contributed by atoms with Gasteiger partial charge in [0.1, 0.15) is 0 Å². The van der Waals surface area contributed by atoms with Crippen molar-refractivity contribution in [3.8, 4) is 0 Å². The Morgan fingerprint density at radius 2 is 1.82 bits per heavy atom. The molecule has 0 saturated carbocycles. The molecule has 3 rings (SSSR count). The number of carbonyl (C=O) groups is 1. The van der Waals surface area contributed by atoms with Crippen LogP contribution < -0.4 is 0 Å². The molecule has 3 nitrogen and oxygen atoms in total. The number of aromatic nitrogens is 1. The SMILES string of the molecule is Cc1cc2cc(CC(=O)N(C)Cc3ccccc3)ccc2[nH]1. The van der Waals surface area contributed by atoms with Gasteiger partial charge in [0, 0.05) is 24.8 Å². The summed E-state index contributed by atoms with van der Waals surface area (Å²) in [5.74, 6) is 0.135. The van der Waals surface area contributed by atoms with E-state index in [-0.39, 0.29) is 5.91 Å². The summed E-state index contributed by atoms with van der Waals surface area (Å²) in [5, 5.41) is 1.16. The Bertz CT molecular complexity index is 790. The van der Waals surface area contributed by atoms with Crippen LogP contribution >= 0.6 is 0 Å². The molecular formula is C19H20N2O. The minimum absolute atomic E-state index is 0.135. The number of amides is 1. The second-order valence-corrected chi connectivity index (χ2v) is 5.79. The van der Waals surface area contributed by atoms with Crippen molar-refractivity contribution in [2.75, 3.05) is 7.05 Å². The molecule has 3 aromatic rings. The number of hydrogen-bond donors (Lipinski definition) is 1. The van der Waals surface area contributed by atoms with Gasteiger partial charge in [0.2, 0.25) is 5.91 Å². The second-order valence-electron chi connectivity index (χ2n) is 5.79. The van der Waals surface area contributed by atoms with Crippen LogP contribution in [0.1, 0.15) is 16.8 Å². The summed E-state index contributed by atoms with van der Waals surface area (Å²) in [6.07, 6.45) is 0.434. The first-order valence-corrected chi connectivity index (χ1v) is 7.48. The highest BCUT2D eigenvalue weighted by Crippen LogP contribution is 2.17. The van der Waals surface area contributed by atoms with Crippen LogP contribution in [0.4, 0.5) is 0 Å². The largest absolute Gasteiger partial charge is 0.359 e. The molecule has 0 spiro atoms. The van der Waals surface area contributed by atoms with Gasteiger partial charge in [-0.1, -0.05) is 36.4 Å². The first-order chi connectivity index (χ1) is 10.6. The van der Waals surface area contributed by atoms with Crippen LogP contribution in [-0.2, 0) is 17.8 Å². The van der Waals surface area contributed by atoms with Gasteiger partial charge in [0.25, 0.3) is 0 Å². The zero-order chi connectivity index (χ0) is 15.5. The smallest absolute Gasteiger partial charge is 0.227 e. The van der Waals surface area contributed by atoms with Crippen LogP contribution in [0.3, 0.4) is 0 Å². The maximum absolute atomic E-state index is 12.4. The Kier molecular flexibility index (Phi) is 3.96. The van der Waals surface area contributed by atoms with Crippen LogP contribution in [0.2, 0.25) is 0 Å². The third kappa shape index (κ3) is 3.19. The number of benzene rings is 2. The van der Waals surface area contributed by atoms with E-state index >= 15 is 0 Å². The minimum Gasteiger partial charge on any atom is -0.359 e. The quantitative estimate of drug-likeness (QED) is 0.782. The average Bonchev–Trinajstić information content (AvgIpc) is 2.87. The second kappa shape index (κ2) is 6.06. The van der Waals surface area contributed by atoms with E-state index in [4.69, 9.17) is 0 Å². The number of hydrogen-bond acceptors (Lipinski definition) is 1. The predicted octanol–water partition coefficient (Wildman–Crippen LogP) is 3.68. The zero-order valence-electron chi connectivity index (χ0n) is 13.0. The van der Waals surface area contributed by atoms with Gasteiger partial charge in [-0.25, -0.2) is 0 Å². The maximum atomic E-state index is 12.4. The number of carbonyl (C=O) groups excluding carboxylic acids is 1. The van der Waals surface area contributed by atoms with Crippen LogP contribution in [0.25, 0.3) is 10.9 Å².